The van der Waals surface area contributed by atoms with Gasteiger partial charge in [-0.3, -0.25) is 4.79 Å². The first-order chi connectivity index (χ1) is 9.75. The van der Waals surface area contributed by atoms with Crippen molar-refractivity contribution in [1.82, 2.24) is 5.32 Å². The Hall–Kier alpha value is -2.16. The van der Waals surface area contributed by atoms with Crippen LogP contribution in [0, 0.1) is 5.82 Å². The molecule has 0 unspecified atom stereocenters. The minimum Gasteiger partial charge on any atom is -0.356 e. The molecule has 0 saturated carbocycles. The second-order valence-electron chi connectivity index (χ2n) is 4.68. The molecule has 2 aromatic carbocycles. The molecule has 0 spiro atoms. The minimum absolute atomic E-state index is 0.0378. The predicted octanol–water partition coefficient (Wildman–Crippen LogP) is 3.12. The predicted molar refractivity (Wildman–Crippen MR) is 77.9 cm³/mol. The third kappa shape index (κ3) is 4.50. The largest absolute Gasteiger partial charge is 0.356 e. The van der Waals surface area contributed by atoms with Gasteiger partial charge < -0.3 is 5.32 Å². The summed E-state index contributed by atoms with van der Waals surface area (Å²) in [4.78, 5) is 11.7. The quantitative estimate of drug-likeness (QED) is 0.859. The molecule has 1 N–H and O–H groups in total. The van der Waals surface area contributed by atoms with Crippen LogP contribution in [0.25, 0.3) is 0 Å². The number of carbonyl (C=O) groups is 1. The Morgan fingerprint density at radius 2 is 1.65 bits per heavy atom. The molecule has 2 aromatic rings. The lowest BCUT2D eigenvalue weighted by atomic mass is 10.1. The second-order valence-corrected chi connectivity index (χ2v) is 4.68. The third-order valence-electron chi connectivity index (χ3n) is 3.16. The maximum Gasteiger partial charge on any atom is 0.220 e. The van der Waals surface area contributed by atoms with Gasteiger partial charge in [-0.1, -0.05) is 48.5 Å². The van der Waals surface area contributed by atoms with Crippen LogP contribution in [0.4, 0.5) is 4.39 Å². The number of hydrogen-bond acceptors (Lipinski definition) is 1. The van der Waals surface area contributed by atoms with Gasteiger partial charge in [0.1, 0.15) is 5.82 Å². The van der Waals surface area contributed by atoms with Gasteiger partial charge in [-0.05, 0) is 30.0 Å². The lowest BCUT2D eigenvalue weighted by Crippen LogP contribution is -2.25. The van der Waals surface area contributed by atoms with Gasteiger partial charge in [0.2, 0.25) is 5.91 Å². The molecule has 0 bridgehead atoms. The summed E-state index contributed by atoms with van der Waals surface area (Å²) in [5, 5.41) is 2.86. The van der Waals surface area contributed by atoms with Crippen LogP contribution in [0.15, 0.2) is 54.6 Å². The van der Waals surface area contributed by atoms with Crippen LogP contribution in [-0.2, 0) is 17.6 Å². The van der Waals surface area contributed by atoms with Crippen LogP contribution in [-0.4, -0.2) is 12.5 Å². The fraction of sp³-hybridized carbons (Fsp3) is 0.235. The summed E-state index contributed by atoms with van der Waals surface area (Å²) in [7, 11) is 0. The summed E-state index contributed by atoms with van der Waals surface area (Å²) in [5.41, 5.74) is 1.78. The van der Waals surface area contributed by atoms with Crippen LogP contribution in [0.1, 0.15) is 17.5 Å². The van der Waals surface area contributed by atoms with Crippen LogP contribution in [0.5, 0.6) is 0 Å². The Kier molecular flexibility index (Phi) is 5.30. The van der Waals surface area contributed by atoms with Crippen molar-refractivity contribution in [2.24, 2.45) is 0 Å². The van der Waals surface area contributed by atoms with Crippen molar-refractivity contribution in [2.75, 3.05) is 6.54 Å². The first kappa shape index (κ1) is 14.3. The van der Waals surface area contributed by atoms with E-state index in [0.717, 1.165) is 6.42 Å². The van der Waals surface area contributed by atoms with Crippen molar-refractivity contribution in [3.05, 3.63) is 71.5 Å². The van der Waals surface area contributed by atoms with E-state index in [1.165, 1.54) is 11.6 Å². The standard InChI is InChI=1S/C17H18FNO/c18-16-9-5-4-8-15(16)10-11-17(20)19-13-12-14-6-2-1-3-7-14/h1-9H,10-13H2,(H,19,20). The minimum atomic E-state index is -0.246. The molecule has 0 saturated heterocycles. The lowest BCUT2D eigenvalue weighted by molar-refractivity contribution is -0.121. The SMILES string of the molecule is O=C(CCc1ccccc1F)NCCc1ccccc1. The van der Waals surface area contributed by atoms with Gasteiger partial charge in [-0.25, -0.2) is 4.39 Å². The third-order valence-corrected chi connectivity index (χ3v) is 3.16. The smallest absolute Gasteiger partial charge is 0.220 e. The molecule has 20 heavy (non-hydrogen) atoms. The molecule has 0 aliphatic rings. The highest BCUT2D eigenvalue weighted by Crippen LogP contribution is 2.08. The summed E-state index contributed by atoms with van der Waals surface area (Å²) in [6.07, 6.45) is 1.56. The molecule has 0 aliphatic heterocycles. The number of rotatable bonds is 6. The molecule has 2 rings (SSSR count). The number of amides is 1. The summed E-state index contributed by atoms with van der Waals surface area (Å²) < 4.78 is 13.4. The number of carbonyl (C=O) groups excluding carboxylic acids is 1. The summed E-state index contributed by atoms with van der Waals surface area (Å²) in [6, 6.07) is 16.6. The molecule has 0 radical (unpaired) electrons. The van der Waals surface area contributed by atoms with Crippen LogP contribution >= 0.6 is 0 Å². The van der Waals surface area contributed by atoms with Crippen molar-refractivity contribution in [1.29, 1.82) is 0 Å². The van der Waals surface area contributed by atoms with Gasteiger partial charge in [-0.15, -0.1) is 0 Å². The van der Waals surface area contributed by atoms with Crippen LogP contribution in [0.3, 0.4) is 0 Å². The van der Waals surface area contributed by atoms with Crippen molar-refractivity contribution in [2.45, 2.75) is 19.3 Å². The van der Waals surface area contributed by atoms with Crippen LogP contribution in [0.2, 0.25) is 0 Å². The van der Waals surface area contributed by atoms with Crippen molar-refractivity contribution in [3.8, 4) is 0 Å². The van der Waals surface area contributed by atoms with Gasteiger partial charge in [-0.2, -0.15) is 0 Å². The van der Waals surface area contributed by atoms with E-state index in [-0.39, 0.29) is 11.7 Å². The van der Waals surface area contributed by atoms with Crippen molar-refractivity contribution in [3.63, 3.8) is 0 Å². The number of aryl methyl sites for hydroxylation is 1. The normalized spacial score (nSPS) is 10.2. The second kappa shape index (κ2) is 7.43. The number of halogens is 1. The first-order valence-corrected chi connectivity index (χ1v) is 6.80. The van der Waals surface area contributed by atoms with Gasteiger partial charge in [0, 0.05) is 13.0 Å². The molecule has 0 heterocycles. The van der Waals surface area contributed by atoms with Crippen molar-refractivity contribution >= 4 is 5.91 Å². The highest BCUT2D eigenvalue weighted by molar-refractivity contribution is 5.76. The number of nitrogens with one attached hydrogen (secondary N) is 1. The molecular formula is C17H18FNO. The average molecular weight is 271 g/mol. The summed E-state index contributed by atoms with van der Waals surface area (Å²) in [5.74, 6) is -0.284. The molecule has 0 aromatic heterocycles. The summed E-state index contributed by atoms with van der Waals surface area (Å²) >= 11 is 0. The van der Waals surface area contributed by atoms with E-state index in [2.05, 4.69) is 5.32 Å². The lowest BCUT2D eigenvalue weighted by Gasteiger charge is -2.06. The number of hydrogen-bond donors (Lipinski definition) is 1. The zero-order valence-corrected chi connectivity index (χ0v) is 11.3. The van der Waals surface area contributed by atoms with Gasteiger partial charge in [0.25, 0.3) is 0 Å². The average Bonchev–Trinajstić information content (AvgIpc) is 2.47. The number of benzene rings is 2. The fourth-order valence-electron chi connectivity index (χ4n) is 2.03. The van der Waals surface area contributed by atoms with E-state index in [0.29, 0.717) is 24.9 Å². The first-order valence-electron chi connectivity index (χ1n) is 6.80. The Morgan fingerprint density at radius 3 is 2.40 bits per heavy atom. The Labute approximate surface area is 118 Å². The zero-order valence-electron chi connectivity index (χ0n) is 11.3. The molecule has 0 aliphatic carbocycles. The van der Waals surface area contributed by atoms with E-state index in [1.54, 1.807) is 18.2 Å². The zero-order chi connectivity index (χ0) is 14.2. The Morgan fingerprint density at radius 1 is 0.950 bits per heavy atom. The Balaban J connectivity index is 1.70. The van der Waals surface area contributed by atoms with Gasteiger partial charge in [0.05, 0.1) is 0 Å². The molecule has 0 atom stereocenters. The molecule has 2 nitrogen and oxygen atoms in total. The maximum atomic E-state index is 13.4. The highest BCUT2D eigenvalue weighted by Gasteiger charge is 2.05. The summed E-state index contributed by atoms with van der Waals surface area (Å²) in [6.45, 7) is 0.611. The van der Waals surface area contributed by atoms with Crippen molar-refractivity contribution < 1.29 is 9.18 Å². The molecule has 1 amide bonds. The van der Waals surface area contributed by atoms with E-state index in [4.69, 9.17) is 0 Å². The molecule has 0 fully saturated rings. The van der Waals surface area contributed by atoms with E-state index >= 15 is 0 Å². The Bertz CT molecular complexity index is 554. The van der Waals surface area contributed by atoms with Gasteiger partial charge in [0.15, 0.2) is 0 Å². The highest BCUT2D eigenvalue weighted by atomic mass is 19.1. The molecular weight excluding hydrogens is 253 g/mol. The van der Waals surface area contributed by atoms with Gasteiger partial charge >= 0.3 is 0 Å². The molecule has 3 heteroatoms. The fourth-order valence-corrected chi connectivity index (χ4v) is 2.03. The molecule has 104 valence electrons. The van der Waals surface area contributed by atoms with Crippen LogP contribution < -0.4 is 5.32 Å². The van der Waals surface area contributed by atoms with E-state index in [9.17, 15) is 9.18 Å². The van der Waals surface area contributed by atoms with E-state index in [1.807, 2.05) is 30.3 Å². The maximum absolute atomic E-state index is 13.4. The monoisotopic (exact) mass is 271 g/mol. The topological polar surface area (TPSA) is 29.1 Å². The van der Waals surface area contributed by atoms with E-state index < -0.39 is 0 Å².